The molecule has 4 heteroatoms. The fraction of sp³-hybridized carbons (Fsp3) is 0.857. The summed E-state index contributed by atoms with van der Waals surface area (Å²) in [6, 6.07) is 0. The minimum absolute atomic E-state index is 0.136. The SMILES string of the molecule is NC(=S)C1(NC(=O)CCC2CCCC2)CCCC1. The topological polar surface area (TPSA) is 55.1 Å². The molecule has 0 heterocycles. The maximum absolute atomic E-state index is 12.0. The summed E-state index contributed by atoms with van der Waals surface area (Å²) < 4.78 is 0. The average molecular weight is 268 g/mol. The monoisotopic (exact) mass is 268 g/mol. The second-order valence-corrected chi connectivity index (χ2v) is 6.33. The molecule has 1 amide bonds. The summed E-state index contributed by atoms with van der Waals surface area (Å²) in [7, 11) is 0. The molecule has 2 aliphatic rings. The number of rotatable bonds is 5. The Balaban J connectivity index is 1.80. The molecule has 0 aromatic rings. The number of thiocarbonyl (C=S) groups is 1. The van der Waals surface area contributed by atoms with Gasteiger partial charge in [-0.3, -0.25) is 4.79 Å². The Morgan fingerprint density at radius 1 is 1.22 bits per heavy atom. The summed E-state index contributed by atoms with van der Waals surface area (Å²) in [4.78, 5) is 12.5. The van der Waals surface area contributed by atoms with Gasteiger partial charge in [0.25, 0.3) is 0 Å². The highest BCUT2D eigenvalue weighted by atomic mass is 32.1. The zero-order valence-electron chi connectivity index (χ0n) is 11.0. The van der Waals surface area contributed by atoms with Gasteiger partial charge < -0.3 is 11.1 Å². The van der Waals surface area contributed by atoms with E-state index in [9.17, 15) is 4.79 Å². The summed E-state index contributed by atoms with van der Waals surface area (Å²) >= 11 is 5.14. The first-order chi connectivity index (χ1) is 8.62. The number of hydrogen-bond donors (Lipinski definition) is 2. The first-order valence-electron chi connectivity index (χ1n) is 7.23. The molecule has 2 rings (SSSR count). The van der Waals surface area contributed by atoms with Gasteiger partial charge in [0.1, 0.15) is 0 Å². The molecule has 102 valence electrons. The molecular formula is C14H24N2OS. The highest BCUT2D eigenvalue weighted by Gasteiger charge is 2.38. The molecule has 0 radical (unpaired) electrons. The van der Waals surface area contributed by atoms with Crippen molar-refractivity contribution in [1.82, 2.24) is 5.32 Å². The van der Waals surface area contributed by atoms with Gasteiger partial charge in [0, 0.05) is 6.42 Å². The Labute approximate surface area is 115 Å². The number of carbonyl (C=O) groups excluding carboxylic acids is 1. The third-order valence-electron chi connectivity index (χ3n) is 4.56. The van der Waals surface area contributed by atoms with Crippen molar-refractivity contribution in [3.05, 3.63) is 0 Å². The lowest BCUT2D eigenvalue weighted by atomic mass is 9.96. The lowest BCUT2D eigenvalue weighted by Crippen LogP contribution is -2.54. The van der Waals surface area contributed by atoms with Gasteiger partial charge >= 0.3 is 0 Å². The van der Waals surface area contributed by atoms with E-state index in [1.54, 1.807) is 0 Å². The van der Waals surface area contributed by atoms with E-state index >= 15 is 0 Å². The van der Waals surface area contributed by atoms with Crippen molar-refractivity contribution in [2.24, 2.45) is 11.7 Å². The predicted molar refractivity (Wildman–Crippen MR) is 77.3 cm³/mol. The second kappa shape index (κ2) is 6.00. The maximum atomic E-state index is 12.0. The van der Waals surface area contributed by atoms with Crippen molar-refractivity contribution in [1.29, 1.82) is 0 Å². The number of amides is 1. The number of carbonyl (C=O) groups is 1. The van der Waals surface area contributed by atoms with E-state index in [0.29, 0.717) is 11.4 Å². The molecule has 0 saturated heterocycles. The van der Waals surface area contributed by atoms with Gasteiger partial charge in [-0.25, -0.2) is 0 Å². The Morgan fingerprint density at radius 2 is 1.83 bits per heavy atom. The van der Waals surface area contributed by atoms with Crippen LogP contribution in [-0.4, -0.2) is 16.4 Å². The molecule has 0 atom stereocenters. The third kappa shape index (κ3) is 3.22. The fourth-order valence-electron chi connectivity index (χ4n) is 3.38. The molecule has 2 fully saturated rings. The molecule has 2 aliphatic carbocycles. The zero-order valence-corrected chi connectivity index (χ0v) is 11.9. The molecule has 0 unspecified atom stereocenters. The van der Waals surface area contributed by atoms with Crippen molar-refractivity contribution >= 4 is 23.1 Å². The largest absolute Gasteiger partial charge is 0.391 e. The summed E-state index contributed by atoms with van der Waals surface area (Å²) in [5.41, 5.74) is 5.44. The van der Waals surface area contributed by atoms with Crippen LogP contribution in [0.3, 0.4) is 0 Å². The van der Waals surface area contributed by atoms with Gasteiger partial charge in [0.05, 0.1) is 10.5 Å². The van der Waals surface area contributed by atoms with Crippen molar-refractivity contribution in [2.45, 2.75) is 69.7 Å². The predicted octanol–water partition coefficient (Wildman–Crippen LogP) is 2.67. The maximum Gasteiger partial charge on any atom is 0.220 e. The van der Waals surface area contributed by atoms with Crippen LogP contribution in [0.15, 0.2) is 0 Å². The quantitative estimate of drug-likeness (QED) is 0.754. The molecule has 0 aromatic carbocycles. The van der Waals surface area contributed by atoms with Crippen LogP contribution >= 0.6 is 12.2 Å². The van der Waals surface area contributed by atoms with Crippen molar-refractivity contribution in [3.63, 3.8) is 0 Å². The van der Waals surface area contributed by atoms with Crippen LogP contribution in [0.4, 0.5) is 0 Å². The Hall–Kier alpha value is -0.640. The molecule has 0 aromatic heterocycles. The molecule has 2 saturated carbocycles. The van der Waals surface area contributed by atoms with Crippen LogP contribution in [0.25, 0.3) is 0 Å². The van der Waals surface area contributed by atoms with Crippen LogP contribution in [-0.2, 0) is 4.79 Å². The van der Waals surface area contributed by atoms with Gasteiger partial charge in [-0.1, -0.05) is 50.7 Å². The van der Waals surface area contributed by atoms with Gasteiger partial charge in [-0.15, -0.1) is 0 Å². The van der Waals surface area contributed by atoms with Crippen molar-refractivity contribution in [2.75, 3.05) is 0 Å². The smallest absolute Gasteiger partial charge is 0.220 e. The summed E-state index contributed by atoms with van der Waals surface area (Å²) in [5, 5.41) is 3.11. The summed E-state index contributed by atoms with van der Waals surface area (Å²) in [6.45, 7) is 0. The summed E-state index contributed by atoms with van der Waals surface area (Å²) in [5.74, 6) is 0.900. The molecule has 18 heavy (non-hydrogen) atoms. The standard InChI is InChI=1S/C14H24N2OS/c15-13(18)14(9-3-4-10-14)16-12(17)8-7-11-5-1-2-6-11/h11H,1-10H2,(H2,15,18)(H,16,17). The number of hydrogen-bond acceptors (Lipinski definition) is 2. The first kappa shape index (κ1) is 13.8. The van der Waals surface area contributed by atoms with Gasteiger partial charge in [0.2, 0.25) is 5.91 Å². The summed E-state index contributed by atoms with van der Waals surface area (Å²) in [6.07, 6.45) is 11.0. The van der Waals surface area contributed by atoms with Gasteiger partial charge in [0.15, 0.2) is 0 Å². The lowest BCUT2D eigenvalue weighted by Gasteiger charge is -2.29. The average Bonchev–Trinajstić information content (AvgIpc) is 2.97. The molecular weight excluding hydrogens is 244 g/mol. The third-order valence-corrected chi connectivity index (χ3v) is 4.95. The highest BCUT2D eigenvalue weighted by Crippen LogP contribution is 2.31. The van der Waals surface area contributed by atoms with E-state index in [-0.39, 0.29) is 11.4 Å². The Morgan fingerprint density at radius 3 is 2.39 bits per heavy atom. The first-order valence-corrected chi connectivity index (χ1v) is 7.64. The lowest BCUT2D eigenvalue weighted by molar-refractivity contribution is -0.122. The van der Waals surface area contributed by atoms with Gasteiger partial charge in [-0.2, -0.15) is 0 Å². The van der Waals surface area contributed by atoms with E-state index in [0.717, 1.165) is 38.0 Å². The minimum Gasteiger partial charge on any atom is -0.391 e. The van der Waals surface area contributed by atoms with Gasteiger partial charge in [-0.05, 0) is 25.2 Å². The molecule has 0 spiro atoms. The van der Waals surface area contributed by atoms with E-state index in [1.165, 1.54) is 25.7 Å². The van der Waals surface area contributed by atoms with E-state index in [2.05, 4.69) is 5.32 Å². The van der Waals surface area contributed by atoms with E-state index in [1.807, 2.05) is 0 Å². The number of nitrogens with one attached hydrogen (secondary N) is 1. The van der Waals surface area contributed by atoms with Crippen LogP contribution in [0.2, 0.25) is 0 Å². The van der Waals surface area contributed by atoms with Crippen LogP contribution in [0.5, 0.6) is 0 Å². The second-order valence-electron chi connectivity index (χ2n) is 5.89. The molecule has 0 aliphatic heterocycles. The molecule has 0 bridgehead atoms. The van der Waals surface area contributed by atoms with Crippen LogP contribution < -0.4 is 11.1 Å². The van der Waals surface area contributed by atoms with E-state index in [4.69, 9.17) is 18.0 Å². The minimum atomic E-state index is -0.373. The Bertz CT molecular complexity index is 318. The normalized spacial score (nSPS) is 23.1. The van der Waals surface area contributed by atoms with Crippen molar-refractivity contribution < 1.29 is 4.79 Å². The van der Waals surface area contributed by atoms with Crippen LogP contribution in [0.1, 0.15) is 64.2 Å². The Kier molecular flexibility index (Phi) is 4.60. The fourth-order valence-corrected chi connectivity index (χ4v) is 3.63. The van der Waals surface area contributed by atoms with Crippen molar-refractivity contribution in [3.8, 4) is 0 Å². The number of nitrogens with two attached hydrogens (primary N) is 1. The molecule has 3 nitrogen and oxygen atoms in total. The van der Waals surface area contributed by atoms with Crippen LogP contribution in [0, 0.1) is 5.92 Å². The molecule has 3 N–H and O–H groups in total. The highest BCUT2D eigenvalue weighted by molar-refractivity contribution is 7.80. The zero-order chi connectivity index (χ0) is 13.0. The van der Waals surface area contributed by atoms with E-state index < -0.39 is 0 Å².